The Morgan fingerprint density at radius 3 is 2.33 bits per heavy atom. The maximum absolute atomic E-state index is 5.34. The molecule has 116 valence electrons. The first-order valence-electron chi connectivity index (χ1n) is 8.07. The van der Waals surface area contributed by atoms with Crippen molar-refractivity contribution < 1.29 is 0 Å². The van der Waals surface area contributed by atoms with Gasteiger partial charge in [0.15, 0.2) is 0 Å². The lowest BCUT2D eigenvalue weighted by Gasteiger charge is -2.29. The Labute approximate surface area is 139 Å². The zero-order valence-electron chi connectivity index (χ0n) is 13.5. The van der Waals surface area contributed by atoms with E-state index in [2.05, 4.69) is 36.1 Å². The fourth-order valence-corrected chi connectivity index (χ4v) is 3.89. The number of nitrogens with zero attached hydrogens (tertiary/aromatic N) is 1. The van der Waals surface area contributed by atoms with Crippen molar-refractivity contribution in [1.29, 1.82) is 0 Å². The topological polar surface area (TPSA) is 3.24 Å². The molecule has 0 saturated heterocycles. The molecular formula is C18H27NS2. The van der Waals surface area contributed by atoms with E-state index in [1.807, 2.05) is 13.3 Å². The summed E-state index contributed by atoms with van der Waals surface area (Å²) in [6.07, 6.45) is 10.3. The van der Waals surface area contributed by atoms with Gasteiger partial charge in [-0.25, -0.2) is 0 Å². The molecule has 0 spiro atoms. The molecule has 1 aromatic rings. The Morgan fingerprint density at radius 2 is 1.81 bits per heavy atom. The fourth-order valence-electron chi connectivity index (χ4n) is 3.41. The zero-order valence-corrected chi connectivity index (χ0v) is 15.1. The first kappa shape index (κ1) is 16.8. The Kier molecular flexibility index (Phi) is 6.56. The molecule has 0 N–H and O–H groups in total. The Balaban J connectivity index is 1.95. The third-order valence-corrected chi connectivity index (χ3v) is 6.14. The first-order valence-corrected chi connectivity index (χ1v) is 9.70. The molecular weight excluding hydrogens is 294 g/mol. The Bertz CT molecular complexity index is 447. The summed E-state index contributed by atoms with van der Waals surface area (Å²) in [7, 11) is 2.05. The van der Waals surface area contributed by atoms with E-state index < -0.39 is 0 Å². The van der Waals surface area contributed by atoms with Gasteiger partial charge in [-0.2, -0.15) is 0 Å². The lowest BCUT2D eigenvalue weighted by atomic mass is 9.77. The molecule has 1 fully saturated rings. The summed E-state index contributed by atoms with van der Waals surface area (Å²) in [4.78, 5) is 2.09. The lowest BCUT2D eigenvalue weighted by molar-refractivity contribution is 0.308. The summed E-state index contributed by atoms with van der Waals surface area (Å²) in [5.41, 5.74) is 2.70. The summed E-state index contributed by atoms with van der Waals surface area (Å²) in [6.45, 7) is 2.31. The maximum Gasteiger partial charge on any atom is 0.140 e. The van der Waals surface area contributed by atoms with Crippen LogP contribution in [0.3, 0.4) is 0 Å². The number of anilines is 1. The van der Waals surface area contributed by atoms with E-state index in [1.54, 1.807) is 11.8 Å². The summed E-state index contributed by atoms with van der Waals surface area (Å²) in [5.74, 6) is 1.75. The van der Waals surface area contributed by atoms with Crippen LogP contribution in [0.5, 0.6) is 0 Å². The molecule has 0 amide bonds. The van der Waals surface area contributed by atoms with Crippen molar-refractivity contribution in [3.8, 4) is 0 Å². The summed E-state index contributed by atoms with van der Waals surface area (Å²) in [6, 6.07) is 9.05. The van der Waals surface area contributed by atoms with Crippen LogP contribution in [-0.4, -0.2) is 17.6 Å². The van der Waals surface area contributed by atoms with Gasteiger partial charge in [-0.05, 0) is 61.5 Å². The molecule has 0 heterocycles. The normalized spacial score (nSPS) is 22.0. The van der Waals surface area contributed by atoms with E-state index >= 15 is 0 Å². The van der Waals surface area contributed by atoms with Crippen LogP contribution in [0.25, 0.3) is 0 Å². The second kappa shape index (κ2) is 8.19. The molecule has 1 aromatic carbocycles. The molecule has 0 bridgehead atoms. The smallest absolute Gasteiger partial charge is 0.140 e. The van der Waals surface area contributed by atoms with Gasteiger partial charge in [-0.3, -0.25) is 0 Å². The second-order valence-corrected chi connectivity index (χ2v) is 7.57. The van der Waals surface area contributed by atoms with Crippen LogP contribution in [0.15, 0.2) is 24.3 Å². The average Bonchev–Trinajstić information content (AvgIpc) is 2.54. The van der Waals surface area contributed by atoms with Gasteiger partial charge in [-0.15, -0.1) is 11.8 Å². The van der Waals surface area contributed by atoms with Crippen molar-refractivity contribution in [2.24, 2.45) is 5.92 Å². The summed E-state index contributed by atoms with van der Waals surface area (Å²) < 4.78 is 0.919. The minimum Gasteiger partial charge on any atom is -0.330 e. The number of thiocarbonyl (C=S) groups is 1. The van der Waals surface area contributed by atoms with Gasteiger partial charge in [0.25, 0.3) is 0 Å². The number of rotatable bonds is 4. The molecule has 1 saturated carbocycles. The number of hydrogen-bond acceptors (Lipinski definition) is 2. The molecule has 0 atom stereocenters. The van der Waals surface area contributed by atoms with Crippen LogP contribution in [0.2, 0.25) is 0 Å². The highest BCUT2D eigenvalue weighted by Crippen LogP contribution is 2.37. The minimum atomic E-state index is 0.768. The molecule has 3 heteroatoms. The molecule has 2 rings (SSSR count). The third kappa shape index (κ3) is 4.46. The van der Waals surface area contributed by atoms with Gasteiger partial charge in [0, 0.05) is 12.7 Å². The molecule has 1 nitrogen and oxygen atoms in total. The zero-order chi connectivity index (χ0) is 15.2. The first-order chi connectivity index (χ1) is 10.2. The quantitative estimate of drug-likeness (QED) is 0.641. The number of hydrogen-bond donors (Lipinski definition) is 0. The highest BCUT2D eigenvalue weighted by Gasteiger charge is 2.21. The van der Waals surface area contributed by atoms with Crippen LogP contribution in [-0.2, 0) is 0 Å². The maximum atomic E-state index is 5.34. The van der Waals surface area contributed by atoms with Crippen molar-refractivity contribution >= 4 is 34.0 Å². The number of benzene rings is 1. The van der Waals surface area contributed by atoms with E-state index in [1.165, 1.54) is 49.8 Å². The molecule has 0 aliphatic heterocycles. The van der Waals surface area contributed by atoms with Crippen molar-refractivity contribution in [3.63, 3.8) is 0 Å². The van der Waals surface area contributed by atoms with Crippen LogP contribution < -0.4 is 4.90 Å². The molecule has 0 unspecified atom stereocenters. The highest BCUT2D eigenvalue weighted by molar-refractivity contribution is 8.22. The monoisotopic (exact) mass is 321 g/mol. The Morgan fingerprint density at radius 1 is 1.19 bits per heavy atom. The molecule has 0 radical (unpaired) electrons. The third-order valence-electron chi connectivity index (χ3n) is 4.74. The van der Waals surface area contributed by atoms with Crippen LogP contribution >= 0.6 is 24.0 Å². The van der Waals surface area contributed by atoms with Gasteiger partial charge in [0.1, 0.15) is 4.32 Å². The fraction of sp³-hybridized carbons (Fsp3) is 0.611. The van der Waals surface area contributed by atoms with Gasteiger partial charge < -0.3 is 4.90 Å². The van der Waals surface area contributed by atoms with E-state index in [0.717, 1.165) is 16.2 Å². The lowest BCUT2D eigenvalue weighted by Crippen LogP contribution is -2.21. The van der Waals surface area contributed by atoms with Crippen molar-refractivity contribution in [3.05, 3.63) is 29.8 Å². The summed E-state index contributed by atoms with van der Waals surface area (Å²) >= 11 is 6.97. The van der Waals surface area contributed by atoms with E-state index in [4.69, 9.17) is 12.2 Å². The van der Waals surface area contributed by atoms with Gasteiger partial charge >= 0.3 is 0 Å². The van der Waals surface area contributed by atoms with Crippen LogP contribution in [0, 0.1) is 5.92 Å². The van der Waals surface area contributed by atoms with Gasteiger partial charge in [0.05, 0.1) is 0 Å². The predicted octanol–water partition coefficient (Wildman–Crippen LogP) is 5.84. The molecule has 0 aromatic heterocycles. The Hall–Kier alpha value is -0.540. The SMILES string of the molecule is CCCC1CCC(c2ccc(N(C)C(=S)SC)cc2)CC1. The predicted molar refractivity (Wildman–Crippen MR) is 101 cm³/mol. The largest absolute Gasteiger partial charge is 0.330 e. The van der Waals surface area contributed by atoms with Gasteiger partial charge in [-0.1, -0.05) is 44.1 Å². The number of thioether (sulfide) groups is 1. The van der Waals surface area contributed by atoms with Crippen molar-refractivity contribution in [2.75, 3.05) is 18.2 Å². The van der Waals surface area contributed by atoms with Crippen molar-refractivity contribution in [1.82, 2.24) is 0 Å². The minimum absolute atomic E-state index is 0.768. The molecule has 1 aliphatic rings. The van der Waals surface area contributed by atoms with E-state index in [0.29, 0.717) is 0 Å². The average molecular weight is 322 g/mol. The summed E-state index contributed by atoms with van der Waals surface area (Å²) in [5, 5.41) is 0. The van der Waals surface area contributed by atoms with E-state index in [9.17, 15) is 0 Å². The highest BCUT2D eigenvalue weighted by atomic mass is 32.2. The standard InChI is InChI=1S/C18H27NS2/c1-4-5-14-6-8-15(9-7-14)16-10-12-17(13-11-16)19(2)18(20)21-3/h10-15H,4-9H2,1-3H3. The van der Waals surface area contributed by atoms with Crippen molar-refractivity contribution in [2.45, 2.75) is 51.4 Å². The molecule has 21 heavy (non-hydrogen) atoms. The van der Waals surface area contributed by atoms with Crippen LogP contribution in [0.1, 0.15) is 56.9 Å². The van der Waals surface area contributed by atoms with Gasteiger partial charge in [0.2, 0.25) is 0 Å². The second-order valence-electron chi connectivity index (χ2n) is 6.13. The van der Waals surface area contributed by atoms with Crippen LogP contribution in [0.4, 0.5) is 5.69 Å². The molecule has 1 aliphatic carbocycles. The van der Waals surface area contributed by atoms with E-state index in [-0.39, 0.29) is 0 Å².